The van der Waals surface area contributed by atoms with Crippen LogP contribution in [0.2, 0.25) is 0 Å². The smallest absolute Gasteiger partial charge is 0.368 e. The summed E-state index contributed by atoms with van der Waals surface area (Å²) in [5.74, 6) is -3.05. The van der Waals surface area contributed by atoms with Gasteiger partial charge in [-0.15, -0.1) is 6.58 Å². The molecule has 1 saturated carbocycles. The Morgan fingerprint density at radius 1 is 0.795 bits per heavy atom. The predicted molar refractivity (Wildman–Crippen MR) is 139 cm³/mol. The second-order valence-electron chi connectivity index (χ2n) is 10.6. The Morgan fingerprint density at radius 3 is 2.05 bits per heavy atom. The Bertz CT molecular complexity index is 1330. The van der Waals surface area contributed by atoms with Crippen LogP contribution in [0.5, 0.6) is 0 Å². The minimum absolute atomic E-state index is 0.0317. The van der Waals surface area contributed by atoms with Crippen molar-refractivity contribution in [1.29, 1.82) is 0 Å². The monoisotopic (exact) mass is 544 g/mol. The zero-order valence-corrected chi connectivity index (χ0v) is 21.5. The van der Waals surface area contributed by atoms with Crippen LogP contribution in [0.25, 0.3) is 11.1 Å². The molecule has 1 nitrogen and oxygen atoms in total. The lowest BCUT2D eigenvalue weighted by molar-refractivity contribution is -0.140. The third kappa shape index (κ3) is 5.93. The van der Waals surface area contributed by atoms with Crippen LogP contribution < -0.4 is 0 Å². The number of rotatable bonds is 8. The standard InChI is InChI=1S/C32H30F6O/c1-2-3-19-4-9-21(10-5-19)22-11-6-20(7-12-22)8-13-23-14-15-24(29(33)28(23)32(36,37)38)25-16-17-26(27-18-39-27)31(35)30(25)34/h2,6-7,11-12,14-17,19,21,27H,1,3-5,8-10,13,18H2. The zero-order valence-electron chi connectivity index (χ0n) is 21.5. The van der Waals surface area contributed by atoms with Gasteiger partial charge in [-0.25, -0.2) is 13.2 Å². The summed E-state index contributed by atoms with van der Waals surface area (Å²) < 4.78 is 91.5. The number of halogens is 6. The van der Waals surface area contributed by atoms with Gasteiger partial charge < -0.3 is 4.74 Å². The summed E-state index contributed by atoms with van der Waals surface area (Å²) in [5, 5.41) is 0. The highest BCUT2D eigenvalue weighted by atomic mass is 19.4. The lowest BCUT2D eigenvalue weighted by Crippen LogP contribution is -2.14. The van der Waals surface area contributed by atoms with Crippen LogP contribution >= 0.6 is 0 Å². The molecule has 1 aliphatic heterocycles. The van der Waals surface area contributed by atoms with Gasteiger partial charge in [-0.3, -0.25) is 0 Å². The molecule has 0 aromatic heterocycles. The van der Waals surface area contributed by atoms with Crippen molar-refractivity contribution in [3.63, 3.8) is 0 Å². The van der Waals surface area contributed by atoms with E-state index in [1.165, 1.54) is 11.6 Å². The van der Waals surface area contributed by atoms with E-state index in [0.717, 1.165) is 55.9 Å². The molecule has 1 saturated heterocycles. The van der Waals surface area contributed by atoms with Crippen molar-refractivity contribution in [2.24, 2.45) is 5.92 Å². The van der Waals surface area contributed by atoms with Gasteiger partial charge >= 0.3 is 6.18 Å². The topological polar surface area (TPSA) is 12.5 Å². The highest BCUT2D eigenvalue weighted by Gasteiger charge is 2.38. The largest absolute Gasteiger partial charge is 0.419 e. The number of allylic oxidation sites excluding steroid dienone is 1. The number of alkyl halides is 3. The van der Waals surface area contributed by atoms with Crippen molar-refractivity contribution in [1.82, 2.24) is 0 Å². The minimum Gasteiger partial charge on any atom is -0.368 e. The van der Waals surface area contributed by atoms with Crippen molar-refractivity contribution in [2.45, 2.75) is 63.1 Å². The van der Waals surface area contributed by atoms with Crippen molar-refractivity contribution < 1.29 is 31.1 Å². The molecule has 3 aromatic carbocycles. The van der Waals surface area contributed by atoms with Gasteiger partial charge in [0.2, 0.25) is 0 Å². The van der Waals surface area contributed by atoms with Crippen molar-refractivity contribution in [3.05, 3.63) is 106 Å². The van der Waals surface area contributed by atoms with Crippen LogP contribution in [-0.2, 0) is 23.8 Å². The Kier molecular flexibility index (Phi) is 7.90. The molecule has 1 unspecified atom stereocenters. The summed E-state index contributed by atoms with van der Waals surface area (Å²) in [6, 6.07) is 12.5. The fourth-order valence-corrected chi connectivity index (χ4v) is 5.79. The number of epoxide rings is 1. The first kappa shape index (κ1) is 27.5. The number of hydrogen-bond acceptors (Lipinski definition) is 1. The molecule has 7 heteroatoms. The lowest BCUT2D eigenvalue weighted by Gasteiger charge is -2.28. The second-order valence-corrected chi connectivity index (χ2v) is 10.6. The van der Waals surface area contributed by atoms with Gasteiger partial charge in [0.05, 0.1) is 12.2 Å². The first-order valence-corrected chi connectivity index (χ1v) is 13.4. The molecule has 0 bridgehead atoms. The minimum atomic E-state index is -5.00. The molecule has 0 radical (unpaired) electrons. The summed E-state index contributed by atoms with van der Waals surface area (Å²) in [5.41, 5.74) is -0.799. The fourth-order valence-electron chi connectivity index (χ4n) is 5.79. The molecule has 0 spiro atoms. The molecule has 2 aliphatic rings. The number of ether oxygens (including phenoxy) is 1. The van der Waals surface area contributed by atoms with Gasteiger partial charge in [0.15, 0.2) is 11.6 Å². The fraction of sp³-hybridized carbons (Fsp3) is 0.375. The van der Waals surface area contributed by atoms with Gasteiger partial charge in [-0.2, -0.15) is 13.2 Å². The maximum Gasteiger partial charge on any atom is 0.419 e. The van der Waals surface area contributed by atoms with Crippen LogP contribution in [0.15, 0.2) is 61.2 Å². The first-order chi connectivity index (χ1) is 18.7. The van der Waals surface area contributed by atoms with E-state index in [2.05, 4.69) is 6.58 Å². The van der Waals surface area contributed by atoms with Gasteiger partial charge in [-0.1, -0.05) is 54.6 Å². The molecule has 0 N–H and O–H groups in total. The van der Waals surface area contributed by atoms with Crippen LogP contribution in [0.1, 0.15) is 71.9 Å². The van der Waals surface area contributed by atoms with E-state index < -0.39 is 46.4 Å². The highest BCUT2D eigenvalue weighted by Crippen LogP contribution is 2.41. The third-order valence-corrected chi connectivity index (χ3v) is 8.08. The summed E-state index contributed by atoms with van der Waals surface area (Å²) in [6.07, 6.45) is 2.22. The number of hydrogen-bond donors (Lipinski definition) is 0. The zero-order chi connectivity index (χ0) is 27.7. The Labute approximate surface area is 224 Å². The maximum atomic E-state index is 15.3. The van der Waals surface area contributed by atoms with Crippen LogP contribution in [-0.4, -0.2) is 6.61 Å². The van der Waals surface area contributed by atoms with Gasteiger partial charge in [0, 0.05) is 16.7 Å². The van der Waals surface area contributed by atoms with Crippen molar-refractivity contribution in [2.75, 3.05) is 6.61 Å². The first-order valence-electron chi connectivity index (χ1n) is 13.4. The summed E-state index contributed by atoms with van der Waals surface area (Å²) in [4.78, 5) is 0. The lowest BCUT2D eigenvalue weighted by atomic mass is 9.77. The number of benzene rings is 3. The predicted octanol–water partition coefficient (Wildman–Crippen LogP) is 9.50. The van der Waals surface area contributed by atoms with E-state index in [1.54, 1.807) is 0 Å². The van der Waals surface area contributed by atoms with Crippen LogP contribution in [0, 0.1) is 23.4 Å². The molecular weight excluding hydrogens is 514 g/mol. The summed E-state index contributed by atoms with van der Waals surface area (Å²) in [7, 11) is 0. The molecule has 0 amide bonds. The quantitative estimate of drug-likeness (QED) is 0.156. The molecule has 39 heavy (non-hydrogen) atoms. The molecule has 1 aliphatic carbocycles. The van der Waals surface area contributed by atoms with E-state index >= 15 is 4.39 Å². The Morgan fingerprint density at radius 2 is 1.44 bits per heavy atom. The third-order valence-electron chi connectivity index (χ3n) is 8.08. The molecule has 2 fully saturated rings. The maximum absolute atomic E-state index is 15.3. The normalized spacial score (nSPS) is 21.1. The van der Waals surface area contributed by atoms with Crippen LogP contribution in [0.4, 0.5) is 26.3 Å². The molecule has 3 aromatic rings. The van der Waals surface area contributed by atoms with E-state index in [9.17, 15) is 22.0 Å². The van der Waals surface area contributed by atoms with Crippen molar-refractivity contribution in [3.8, 4) is 11.1 Å². The van der Waals surface area contributed by atoms with Gasteiger partial charge in [0.25, 0.3) is 0 Å². The van der Waals surface area contributed by atoms with E-state index in [4.69, 9.17) is 4.74 Å². The van der Waals surface area contributed by atoms with E-state index in [-0.39, 0.29) is 30.6 Å². The average molecular weight is 545 g/mol. The Hall–Kier alpha value is -3.06. The Balaban J connectivity index is 1.33. The van der Waals surface area contributed by atoms with Crippen molar-refractivity contribution >= 4 is 0 Å². The van der Waals surface area contributed by atoms with E-state index in [1.807, 2.05) is 30.3 Å². The molecule has 1 heterocycles. The highest BCUT2D eigenvalue weighted by molar-refractivity contribution is 5.67. The summed E-state index contributed by atoms with van der Waals surface area (Å²) >= 11 is 0. The SMILES string of the molecule is C=CCC1CCC(c2ccc(CCc3ccc(-c4ccc(C5CO5)c(F)c4F)c(F)c3C(F)(F)F)cc2)CC1. The van der Waals surface area contributed by atoms with E-state index in [0.29, 0.717) is 11.8 Å². The molecule has 5 rings (SSSR count). The second kappa shape index (κ2) is 11.2. The molecular formula is C32H30F6O. The number of aryl methyl sites for hydroxylation is 2. The molecule has 206 valence electrons. The van der Waals surface area contributed by atoms with Gasteiger partial charge in [0.1, 0.15) is 11.9 Å². The molecule has 1 atom stereocenters. The average Bonchev–Trinajstić information content (AvgIpc) is 3.75. The van der Waals surface area contributed by atoms with Gasteiger partial charge in [-0.05, 0) is 73.5 Å². The summed E-state index contributed by atoms with van der Waals surface area (Å²) in [6.45, 7) is 4.06. The van der Waals surface area contributed by atoms with Crippen LogP contribution in [0.3, 0.4) is 0 Å².